The van der Waals surface area contributed by atoms with Crippen LogP contribution in [0.5, 0.6) is 0 Å². The van der Waals surface area contributed by atoms with Gasteiger partial charge in [-0.05, 0) is 144 Å². The summed E-state index contributed by atoms with van der Waals surface area (Å²) in [5, 5.41) is 5.74. The predicted molar refractivity (Wildman–Crippen MR) is 393 cm³/mol. The number of hydrogen-bond acceptors (Lipinski definition) is 5. The van der Waals surface area contributed by atoms with Crippen molar-refractivity contribution in [3.8, 4) is 12.3 Å². The minimum Gasteiger partial charge on any atom is -0.330 e. The number of aromatic nitrogens is 4. The Labute approximate surface area is 545 Å². The predicted octanol–water partition coefficient (Wildman–Crippen LogP) is 25.1. The van der Waals surface area contributed by atoms with Crippen molar-refractivity contribution in [2.24, 2.45) is 24.8 Å². The van der Waals surface area contributed by atoms with Crippen LogP contribution < -0.4 is 10.6 Å². The van der Waals surface area contributed by atoms with E-state index in [-0.39, 0.29) is 23.7 Å². The summed E-state index contributed by atoms with van der Waals surface area (Å²) < 4.78 is 15.3. The van der Waals surface area contributed by atoms with E-state index in [1.165, 1.54) is 101 Å². The lowest BCUT2D eigenvalue weighted by Gasteiger charge is -2.23. The maximum atomic E-state index is 13.4. The fraction of sp³-hybridized carbons (Fsp3) is 0.684. The van der Waals surface area contributed by atoms with Gasteiger partial charge in [-0.3, -0.25) is 24.9 Å². The molecule has 8 nitrogen and oxygen atoms in total. The molecular formula is C79H141FN6O2. The second kappa shape index (κ2) is 60.8. The summed E-state index contributed by atoms with van der Waals surface area (Å²) in [7, 11) is 1.91. The molecule has 88 heavy (non-hydrogen) atoms. The van der Waals surface area contributed by atoms with Crippen LogP contribution in [-0.4, -0.2) is 37.5 Å². The van der Waals surface area contributed by atoms with Gasteiger partial charge in [0.1, 0.15) is 6.17 Å². The second-order valence-corrected chi connectivity index (χ2v) is 23.2. The van der Waals surface area contributed by atoms with Gasteiger partial charge >= 0.3 is 0 Å². The first-order valence-electron chi connectivity index (χ1n) is 35.4. The molecule has 506 valence electrons. The summed E-state index contributed by atoms with van der Waals surface area (Å²) in [6.07, 6.45) is 34.4. The van der Waals surface area contributed by atoms with Crippen LogP contribution in [0.15, 0.2) is 60.4 Å². The van der Waals surface area contributed by atoms with Crippen molar-refractivity contribution >= 4 is 34.4 Å². The number of nitrogens with one attached hydrogen (secondary N) is 2. The molecule has 5 atom stereocenters. The Bertz CT molecular complexity index is 2390. The molecule has 0 radical (unpaired) electrons. The normalized spacial score (nSPS) is 14.1. The molecule has 0 bridgehead atoms. The van der Waals surface area contributed by atoms with Gasteiger partial charge in [0, 0.05) is 36.6 Å². The highest BCUT2D eigenvalue weighted by atomic mass is 19.1. The number of anilines is 1. The van der Waals surface area contributed by atoms with E-state index in [4.69, 9.17) is 6.42 Å². The molecule has 1 aliphatic carbocycles. The lowest BCUT2D eigenvalue weighted by Crippen LogP contribution is -2.33. The monoisotopic (exact) mass is 1230 g/mol. The number of fused-ring (bicyclic) bond motifs is 1. The maximum absolute atomic E-state index is 13.4. The molecule has 3 aromatic heterocycles. The van der Waals surface area contributed by atoms with E-state index in [0.717, 1.165) is 114 Å². The summed E-state index contributed by atoms with van der Waals surface area (Å²) in [4.78, 5) is 38.2. The number of imidazole rings is 1. The number of piperidine rings is 1. The number of carbonyl (C=O) groups is 2. The van der Waals surface area contributed by atoms with Crippen molar-refractivity contribution < 1.29 is 14.0 Å². The van der Waals surface area contributed by atoms with Gasteiger partial charge in [-0.25, -0.2) is 9.37 Å². The number of pyridine rings is 2. The van der Waals surface area contributed by atoms with Gasteiger partial charge in [-0.2, -0.15) is 0 Å². The van der Waals surface area contributed by atoms with Crippen molar-refractivity contribution in [2.45, 2.75) is 333 Å². The molecule has 1 aliphatic heterocycles. The number of aryl methyl sites for hydroxylation is 5. The smallest absolute Gasteiger partial charge is 0.258 e. The van der Waals surface area contributed by atoms with Crippen LogP contribution in [0.3, 0.4) is 0 Å². The number of amides is 2. The number of halogens is 1. The van der Waals surface area contributed by atoms with E-state index in [1.807, 2.05) is 131 Å². The Hall–Kier alpha value is -5.10. The van der Waals surface area contributed by atoms with Crippen molar-refractivity contribution in [1.82, 2.24) is 24.8 Å². The fourth-order valence-corrected chi connectivity index (χ4v) is 8.50. The number of carbonyl (C=O) groups excluding carboxylic acids is 2. The molecule has 2 amide bonds. The zero-order valence-corrected chi connectivity index (χ0v) is 62.5. The Morgan fingerprint density at radius 2 is 1.28 bits per heavy atom. The van der Waals surface area contributed by atoms with Crippen molar-refractivity contribution in [3.05, 3.63) is 99.8 Å². The van der Waals surface area contributed by atoms with Crippen LogP contribution >= 0.6 is 0 Å². The first kappa shape index (κ1) is 91.6. The Kier molecular flexibility index (Phi) is 63.3. The molecule has 6 rings (SSSR count). The minimum atomic E-state index is -0.583. The molecular weight excluding hydrogens is 1080 g/mol. The highest BCUT2D eigenvalue weighted by Gasteiger charge is 2.27. The molecule has 2 N–H and O–H groups in total. The number of hydrogen-bond donors (Lipinski definition) is 2. The van der Waals surface area contributed by atoms with E-state index in [0.29, 0.717) is 17.4 Å². The van der Waals surface area contributed by atoms with Crippen LogP contribution in [0, 0.1) is 57.8 Å². The number of alkyl halides is 1. The van der Waals surface area contributed by atoms with Crippen molar-refractivity contribution in [2.75, 3.05) is 5.32 Å². The zero-order valence-electron chi connectivity index (χ0n) is 62.5. The van der Waals surface area contributed by atoms with Gasteiger partial charge in [-0.15, -0.1) is 12.3 Å². The first-order chi connectivity index (χ1) is 42.0. The molecule has 1 aromatic carbocycles. The summed E-state index contributed by atoms with van der Waals surface area (Å²) in [6, 6.07) is 11.7. The van der Waals surface area contributed by atoms with Gasteiger partial charge in [0.25, 0.3) is 5.91 Å². The molecule has 5 unspecified atom stereocenters. The summed E-state index contributed by atoms with van der Waals surface area (Å²) in [5.74, 6) is 4.44. The maximum Gasteiger partial charge on any atom is 0.258 e. The molecule has 4 aromatic rings. The summed E-state index contributed by atoms with van der Waals surface area (Å²) in [5.41, 5.74) is 11.8. The highest BCUT2D eigenvalue weighted by molar-refractivity contribution is 6.04. The van der Waals surface area contributed by atoms with Crippen LogP contribution in [0.25, 0.3) is 16.6 Å². The minimum absolute atomic E-state index is 0.0204. The number of terminal acetylenes is 1. The standard InChI is InChI=1S/C23H28N4O.C13H16N2O.C11H23F.C9H20.C5H10.2C4H10.C4H6.3C2H6/c1-7-8-15(3)17(5)20-13-18(12-16(4)24-20)22(28)26-23-25-19-10-9-14(2)11-21(19)27(23)6;1-8-6-12(14-7-9(8)2)11-5-4-10(3)15-13(11)16;1-5-7-10(4)11(12)8-9(3)6-2;1-4-6-7-8-9(3)5-2;1-2-4-5-3-1;3*1-3-4-2;3*1-2/h9-13H,7-8H2,1-6H3,(H,25,26,28);6-7,11H,3-5H2,1-2H3,(H,15,16);9-11H,5-8H2,1-4H3;9H,4-8H2,1-3H3;1-5H2;2*3-4H2,1-2H3;1H,4H2,2H3;3*1-2H3/b17-15+;;;;;;;;;;. The Morgan fingerprint density at radius 1 is 0.739 bits per heavy atom. The topological polar surface area (TPSA) is 102 Å². The average molecular weight is 1230 g/mol. The van der Waals surface area contributed by atoms with Gasteiger partial charge in [0.2, 0.25) is 11.9 Å². The number of rotatable bonds is 19. The van der Waals surface area contributed by atoms with Crippen molar-refractivity contribution in [3.63, 3.8) is 0 Å². The van der Waals surface area contributed by atoms with Crippen LogP contribution in [-0.2, 0) is 11.8 Å². The third-order valence-corrected chi connectivity index (χ3v) is 15.4. The van der Waals surface area contributed by atoms with Gasteiger partial charge < -0.3 is 9.88 Å². The molecule has 1 saturated heterocycles. The first-order valence-corrected chi connectivity index (χ1v) is 35.4. The van der Waals surface area contributed by atoms with E-state index < -0.39 is 6.17 Å². The van der Waals surface area contributed by atoms with E-state index in [1.54, 1.807) is 0 Å². The number of benzene rings is 1. The molecule has 2 fully saturated rings. The second-order valence-electron chi connectivity index (χ2n) is 23.2. The van der Waals surface area contributed by atoms with Crippen LogP contribution in [0.2, 0.25) is 0 Å². The Balaban J connectivity index is -0.000000328. The highest BCUT2D eigenvalue weighted by Crippen LogP contribution is 2.28. The van der Waals surface area contributed by atoms with Crippen LogP contribution in [0.1, 0.15) is 343 Å². The van der Waals surface area contributed by atoms with Crippen LogP contribution in [0.4, 0.5) is 10.3 Å². The quantitative estimate of drug-likeness (QED) is 0.0719. The SMILES string of the molecule is C#CCC.C1CCCC1.C=C1CCC(c2cc(C)c(C)cn2)C(=O)N1.CC.CC.CC.CCC/C(C)=C(\C)c1cc(C(=O)Nc2nc3ccc(C)cc3n2C)cc(C)n1.CCCC.CCCC.CCCC(C)C(F)CC(C)CC.CCCCCC(C)CC. The fourth-order valence-electron chi connectivity index (χ4n) is 8.50. The summed E-state index contributed by atoms with van der Waals surface area (Å²) in [6.45, 7) is 56.1. The Morgan fingerprint density at radius 3 is 1.74 bits per heavy atom. The van der Waals surface area contributed by atoms with Gasteiger partial charge in [-0.1, -0.05) is 259 Å². The zero-order chi connectivity index (χ0) is 68.6. The average Bonchev–Trinajstić information content (AvgIpc) is 4.45. The number of nitrogens with zero attached hydrogens (tertiary/aromatic N) is 4. The largest absolute Gasteiger partial charge is 0.330 e. The number of unbranched alkanes of at least 4 members (excludes halogenated alkanes) is 4. The lowest BCUT2D eigenvalue weighted by atomic mass is 9.92. The molecule has 0 spiro atoms. The van der Waals surface area contributed by atoms with Crippen molar-refractivity contribution in [1.29, 1.82) is 0 Å². The van der Waals surface area contributed by atoms with Gasteiger partial charge in [0.15, 0.2) is 0 Å². The third-order valence-electron chi connectivity index (χ3n) is 15.4. The molecule has 9 heteroatoms. The van der Waals surface area contributed by atoms with E-state index in [9.17, 15) is 14.0 Å². The molecule has 2 aliphatic rings. The lowest BCUT2D eigenvalue weighted by molar-refractivity contribution is -0.123. The van der Waals surface area contributed by atoms with E-state index in [2.05, 4.69) is 134 Å². The number of allylic oxidation sites excluding steroid dienone is 3. The molecule has 4 heterocycles. The van der Waals surface area contributed by atoms with E-state index >= 15 is 0 Å². The summed E-state index contributed by atoms with van der Waals surface area (Å²) >= 11 is 0. The van der Waals surface area contributed by atoms with Gasteiger partial charge in [0.05, 0.1) is 28.3 Å². The third kappa shape index (κ3) is 43.5. The molecule has 1 saturated carbocycles.